The molecule has 1 unspecified atom stereocenters. The average molecular weight is 275 g/mol. The second-order valence-electron chi connectivity index (χ2n) is 4.20. The van der Waals surface area contributed by atoms with Crippen LogP contribution in [-0.2, 0) is 22.8 Å². The molecule has 0 aromatic carbocycles. The molecule has 0 saturated carbocycles. The molecule has 0 saturated heterocycles. The van der Waals surface area contributed by atoms with Crippen molar-refractivity contribution in [1.29, 1.82) is 0 Å². The molecule has 0 bridgehead atoms. The highest BCUT2D eigenvalue weighted by molar-refractivity contribution is 7.91. The first-order valence-electron chi connectivity index (χ1n) is 5.97. The van der Waals surface area contributed by atoms with Crippen LogP contribution < -0.4 is 5.32 Å². The highest BCUT2D eigenvalue weighted by atomic mass is 32.2. The molecule has 1 atom stereocenters. The molecule has 1 N–H and O–H groups in total. The summed E-state index contributed by atoms with van der Waals surface area (Å²) in [6.07, 6.45) is 1.03. The van der Waals surface area contributed by atoms with Gasteiger partial charge in [-0.25, -0.2) is 8.42 Å². The van der Waals surface area contributed by atoms with E-state index >= 15 is 0 Å². The van der Waals surface area contributed by atoms with Gasteiger partial charge in [0.2, 0.25) is 0 Å². The van der Waals surface area contributed by atoms with Crippen LogP contribution in [0.3, 0.4) is 0 Å². The molecule has 0 radical (unpaired) electrons. The summed E-state index contributed by atoms with van der Waals surface area (Å²) in [5, 5.41) is 5.37. The maximum Gasteiger partial charge on any atom is 0.151 e. The number of aryl methyl sites for hydroxylation is 1. The van der Waals surface area contributed by atoms with E-state index in [0.717, 1.165) is 13.0 Å². The fraction of sp³-hybridized carbons (Fsp3) is 0.667. The number of sulfone groups is 1. The lowest BCUT2D eigenvalue weighted by Gasteiger charge is -2.13. The van der Waals surface area contributed by atoms with E-state index in [4.69, 9.17) is 0 Å². The molecular weight excluding hydrogens is 254 g/mol. The lowest BCUT2D eigenvalue weighted by Crippen LogP contribution is -2.33. The molecule has 1 heterocycles. The van der Waals surface area contributed by atoms with E-state index in [1.54, 1.807) is 18.3 Å². The van der Waals surface area contributed by atoms with Crippen LogP contribution in [0.15, 0.2) is 11.4 Å². The van der Waals surface area contributed by atoms with Gasteiger partial charge in [-0.3, -0.25) is 0 Å². The van der Waals surface area contributed by atoms with Crippen molar-refractivity contribution in [2.45, 2.75) is 39.8 Å². The quantitative estimate of drug-likeness (QED) is 0.830. The highest BCUT2D eigenvalue weighted by Crippen LogP contribution is 2.17. The zero-order valence-electron chi connectivity index (χ0n) is 10.7. The van der Waals surface area contributed by atoms with Crippen molar-refractivity contribution < 1.29 is 8.42 Å². The predicted octanol–water partition coefficient (Wildman–Crippen LogP) is 2.22. The Bertz CT molecular complexity index is 437. The number of hydrogen-bond acceptors (Lipinski definition) is 4. The topological polar surface area (TPSA) is 46.2 Å². The van der Waals surface area contributed by atoms with Gasteiger partial charge in [0.15, 0.2) is 9.84 Å². The Morgan fingerprint density at radius 3 is 2.71 bits per heavy atom. The smallest absolute Gasteiger partial charge is 0.151 e. The number of nitrogens with one attached hydrogen (secondary N) is 1. The molecule has 5 heteroatoms. The largest absolute Gasteiger partial charge is 0.308 e. The first-order valence-corrected chi connectivity index (χ1v) is 8.67. The molecule has 17 heavy (non-hydrogen) atoms. The van der Waals surface area contributed by atoms with Gasteiger partial charge in [-0.1, -0.05) is 13.8 Å². The van der Waals surface area contributed by atoms with Gasteiger partial charge in [-0.05, 0) is 30.4 Å². The lowest BCUT2D eigenvalue weighted by atomic mass is 10.2. The van der Waals surface area contributed by atoms with Crippen molar-refractivity contribution in [2.24, 2.45) is 0 Å². The third kappa shape index (κ3) is 4.77. The maximum atomic E-state index is 11.5. The first kappa shape index (κ1) is 14.7. The summed E-state index contributed by atoms with van der Waals surface area (Å²) in [7, 11) is -2.88. The first-order chi connectivity index (χ1) is 7.98. The van der Waals surface area contributed by atoms with Gasteiger partial charge in [0.1, 0.15) is 0 Å². The Hall–Kier alpha value is -0.390. The normalized spacial score (nSPS) is 13.8. The predicted molar refractivity (Wildman–Crippen MR) is 74.3 cm³/mol. The van der Waals surface area contributed by atoms with Crippen LogP contribution in [0.5, 0.6) is 0 Å². The molecule has 3 nitrogen and oxygen atoms in total. The van der Waals surface area contributed by atoms with E-state index in [0.29, 0.717) is 0 Å². The lowest BCUT2D eigenvalue weighted by molar-refractivity contribution is 0.558. The summed E-state index contributed by atoms with van der Waals surface area (Å²) in [4.78, 5) is 1.31. The standard InChI is InChI=1S/C12H21NO2S2/c1-4-11-6-7-16-12(11)8-13-10(3)9-17(14,15)5-2/h6-7,10,13H,4-5,8-9H2,1-3H3. The van der Waals surface area contributed by atoms with Gasteiger partial charge < -0.3 is 5.32 Å². The van der Waals surface area contributed by atoms with E-state index in [2.05, 4.69) is 23.7 Å². The van der Waals surface area contributed by atoms with Crippen LogP contribution in [0.25, 0.3) is 0 Å². The zero-order valence-corrected chi connectivity index (χ0v) is 12.3. The van der Waals surface area contributed by atoms with Gasteiger partial charge in [0.05, 0.1) is 5.75 Å². The molecule has 0 aliphatic rings. The Morgan fingerprint density at radius 2 is 2.12 bits per heavy atom. The van der Waals surface area contributed by atoms with Crippen molar-refractivity contribution in [3.63, 3.8) is 0 Å². The molecule has 0 aliphatic carbocycles. The second-order valence-corrected chi connectivity index (χ2v) is 7.60. The minimum Gasteiger partial charge on any atom is -0.308 e. The monoisotopic (exact) mass is 275 g/mol. The van der Waals surface area contributed by atoms with Gasteiger partial charge in [0.25, 0.3) is 0 Å². The fourth-order valence-electron chi connectivity index (χ4n) is 1.66. The average Bonchev–Trinajstić information content (AvgIpc) is 2.73. The van der Waals surface area contributed by atoms with Crippen LogP contribution in [-0.4, -0.2) is 26.0 Å². The van der Waals surface area contributed by atoms with Crippen molar-refractivity contribution in [3.8, 4) is 0 Å². The Balaban J connectivity index is 2.46. The SMILES string of the molecule is CCc1ccsc1CNC(C)CS(=O)(=O)CC. The van der Waals surface area contributed by atoms with E-state index in [1.807, 2.05) is 6.92 Å². The van der Waals surface area contributed by atoms with Gasteiger partial charge >= 0.3 is 0 Å². The third-order valence-electron chi connectivity index (χ3n) is 2.77. The number of rotatable bonds is 7. The summed E-state index contributed by atoms with van der Waals surface area (Å²) >= 11 is 1.73. The van der Waals surface area contributed by atoms with Gasteiger partial charge in [-0.2, -0.15) is 0 Å². The molecule has 0 spiro atoms. The fourth-order valence-corrected chi connectivity index (χ4v) is 3.70. The van der Waals surface area contributed by atoms with Gasteiger partial charge in [0, 0.05) is 23.2 Å². The molecule has 0 fully saturated rings. The molecule has 0 aliphatic heterocycles. The van der Waals surface area contributed by atoms with E-state index in [1.165, 1.54) is 10.4 Å². The molecule has 1 aromatic heterocycles. The number of hydrogen-bond donors (Lipinski definition) is 1. The molecular formula is C12H21NO2S2. The maximum absolute atomic E-state index is 11.5. The Morgan fingerprint density at radius 1 is 1.41 bits per heavy atom. The molecule has 98 valence electrons. The Labute approximate surface area is 108 Å². The summed E-state index contributed by atoms with van der Waals surface area (Å²) < 4.78 is 22.9. The van der Waals surface area contributed by atoms with Crippen molar-refractivity contribution >= 4 is 21.2 Å². The summed E-state index contributed by atoms with van der Waals surface area (Å²) in [6.45, 7) is 6.51. The number of thiophene rings is 1. The minimum atomic E-state index is -2.88. The van der Waals surface area contributed by atoms with E-state index in [-0.39, 0.29) is 17.5 Å². The summed E-state index contributed by atoms with van der Waals surface area (Å²) in [5.41, 5.74) is 1.35. The summed E-state index contributed by atoms with van der Waals surface area (Å²) in [5.74, 6) is 0.439. The Kier molecular flexibility index (Phi) is 5.62. The van der Waals surface area contributed by atoms with Crippen molar-refractivity contribution in [1.82, 2.24) is 5.32 Å². The van der Waals surface area contributed by atoms with E-state index in [9.17, 15) is 8.42 Å². The third-order valence-corrected chi connectivity index (χ3v) is 5.62. The van der Waals surface area contributed by atoms with Crippen LogP contribution >= 0.6 is 11.3 Å². The minimum absolute atomic E-state index is 0.00626. The van der Waals surface area contributed by atoms with E-state index < -0.39 is 9.84 Å². The van der Waals surface area contributed by atoms with Crippen LogP contribution in [0.1, 0.15) is 31.2 Å². The highest BCUT2D eigenvalue weighted by Gasteiger charge is 2.13. The molecule has 1 rings (SSSR count). The summed E-state index contributed by atoms with van der Waals surface area (Å²) in [6, 6.07) is 2.14. The van der Waals surface area contributed by atoms with Crippen LogP contribution in [0.4, 0.5) is 0 Å². The van der Waals surface area contributed by atoms with Crippen molar-refractivity contribution in [3.05, 3.63) is 21.9 Å². The van der Waals surface area contributed by atoms with Crippen LogP contribution in [0.2, 0.25) is 0 Å². The molecule has 0 amide bonds. The van der Waals surface area contributed by atoms with Gasteiger partial charge in [-0.15, -0.1) is 11.3 Å². The van der Waals surface area contributed by atoms with Crippen molar-refractivity contribution in [2.75, 3.05) is 11.5 Å². The second kappa shape index (κ2) is 6.52. The zero-order chi connectivity index (χ0) is 12.9. The molecule has 1 aromatic rings. The van der Waals surface area contributed by atoms with Crippen LogP contribution in [0, 0.1) is 0 Å².